The second-order valence-corrected chi connectivity index (χ2v) is 3.24. The zero-order chi connectivity index (χ0) is 10.5. The Kier molecular flexibility index (Phi) is 3.32. The van der Waals surface area contributed by atoms with Crippen LogP contribution in [0.2, 0.25) is 0 Å². The molecule has 1 atom stereocenters. The van der Waals surface area contributed by atoms with Gasteiger partial charge in [-0.1, -0.05) is 18.2 Å². The summed E-state index contributed by atoms with van der Waals surface area (Å²) in [6.45, 7) is 1.02. The maximum atomic E-state index is 11.5. The highest BCUT2D eigenvalue weighted by atomic mass is 16.7. The van der Waals surface area contributed by atoms with E-state index in [9.17, 15) is 4.79 Å². The molecule has 1 saturated heterocycles. The lowest BCUT2D eigenvalue weighted by Crippen LogP contribution is -2.20. The summed E-state index contributed by atoms with van der Waals surface area (Å²) in [6, 6.07) is 8.88. The predicted octanol–water partition coefficient (Wildman–Crippen LogP) is 1.22. The van der Waals surface area contributed by atoms with Gasteiger partial charge in [0.25, 0.3) is 0 Å². The number of hydrogen-bond donors (Lipinski definition) is 0. The molecular formula is C11H12O4. The molecule has 1 unspecified atom stereocenters. The molecule has 4 heteroatoms. The Labute approximate surface area is 87.8 Å². The Hall–Kier alpha value is -1.39. The van der Waals surface area contributed by atoms with E-state index in [4.69, 9.17) is 14.2 Å². The van der Waals surface area contributed by atoms with Crippen LogP contribution in [0.5, 0.6) is 0 Å². The standard InChI is InChI=1S/C11H12O4/c12-11(9-4-2-1-3-5-9)14-7-10-6-13-8-15-10/h1-5,10H,6-8H2. The van der Waals surface area contributed by atoms with Gasteiger partial charge < -0.3 is 14.2 Å². The molecular weight excluding hydrogens is 196 g/mol. The molecule has 0 aromatic heterocycles. The Balaban J connectivity index is 1.82. The second-order valence-electron chi connectivity index (χ2n) is 3.24. The highest BCUT2D eigenvalue weighted by Gasteiger charge is 2.18. The first-order chi connectivity index (χ1) is 7.36. The van der Waals surface area contributed by atoms with Crippen LogP contribution in [-0.2, 0) is 14.2 Å². The van der Waals surface area contributed by atoms with Gasteiger partial charge in [-0.25, -0.2) is 4.79 Å². The summed E-state index contributed by atoms with van der Waals surface area (Å²) in [7, 11) is 0. The number of benzene rings is 1. The van der Waals surface area contributed by atoms with Crippen molar-refractivity contribution in [3.05, 3.63) is 35.9 Å². The van der Waals surface area contributed by atoms with Crippen molar-refractivity contribution in [3.63, 3.8) is 0 Å². The van der Waals surface area contributed by atoms with Crippen LogP contribution in [0.1, 0.15) is 10.4 Å². The van der Waals surface area contributed by atoms with E-state index in [0.717, 1.165) is 0 Å². The fraction of sp³-hybridized carbons (Fsp3) is 0.364. The smallest absolute Gasteiger partial charge is 0.338 e. The van der Waals surface area contributed by atoms with E-state index in [1.54, 1.807) is 24.3 Å². The zero-order valence-electron chi connectivity index (χ0n) is 8.22. The molecule has 0 spiro atoms. The zero-order valence-corrected chi connectivity index (χ0v) is 8.22. The first-order valence-electron chi connectivity index (χ1n) is 4.78. The third-order valence-corrected chi connectivity index (χ3v) is 2.10. The summed E-state index contributed by atoms with van der Waals surface area (Å²) >= 11 is 0. The average Bonchev–Trinajstić information content (AvgIpc) is 2.80. The number of rotatable bonds is 3. The molecule has 0 amide bonds. The lowest BCUT2D eigenvalue weighted by molar-refractivity contribution is 0.00769. The quantitative estimate of drug-likeness (QED) is 0.700. The Morgan fingerprint density at radius 1 is 1.40 bits per heavy atom. The summed E-state index contributed by atoms with van der Waals surface area (Å²) in [4.78, 5) is 11.5. The molecule has 1 aliphatic heterocycles. The van der Waals surface area contributed by atoms with Crippen LogP contribution in [0.15, 0.2) is 30.3 Å². The van der Waals surface area contributed by atoms with Crippen molar-refractivity contribution in [2.24, 2.45) is 0 Å². The number of ether oxygens (including phenoxy) is 3. The van der Waals surface area contributed by atoms with Crippen LogP contribution in [0.25, 0.3) is 0 Å². The lowest BCUT2D eigenvalue weighted by Gasteiger charge is -2.08. The van der Waals surface area contributed by atoms with Crippen molar-refractivity contribution >= 4 is 5.97 Å². The summed E-state index contributed by atoms with van der Waals surface area (Å²) in [5.41, 5.74) is 0.552. The molecule has 0 saturated carbocycles. The number of carbonyl (C=O) groups excluding carboxylic acids is 1. The SMILES string of the molecule is O=C(OCC1COCO1)c1ccccc1. The van der Waals surface area contributed by atoms with Crippen LogP contribution < -0.4 is 0 Å². The van der Waals surface area contributed by atoms with Crippen molar-refractivity contribution < 1.29 is 19.0 Å². The topological polar surface area (TPSA) is 44.8 Å². The number of esters is 1. The van der Waals surface area contributed by atoms with Crippen molar-refractivity contribution in [3.8, 4) is 0 Å². The Bertz CT molecular complexity index is 317. The van der Waals surface area contributed by atoms with E-state index in [2.05, 4.69) is 0 Å². The minimum Gasteiger partial charge on any atom is -0.459 e. The van der Waals surface area contributed by atoms with Gasteiger partial charge >= 0.3 is 5.97 Å². The van der Waals surface area contributed by atoms with Crippen molar-refractivity contribution in [1.29, 1.82) is 0 Å². The van der Waals surface area contributed by atoms with E-state index >= 15 is 0 Å². The van der Waals surface area contributed by atoms with Gasteiger partial charge in [0.1, 0.15) is 19.5 Å². The van der Waals surface area contributed by atoms with E-state index < -0.39 is 0 Å². The van der Waals surface area contributed by atoms with Crippen LogP contribution in [0.3, 0.4) is 0 Å². The molecule has 2 rings (SSSR count). The van der Waals surface area contributed by atoms with Crippen LogP contribution in [0, 0.1) is 0 Å². The molecule has 4 nitrogen and oxygen atoms in total. The third-order valence-electron chi connectivity index (χ3n) is 2.10. The van der Waals surface area contributed by atoms with Crippen molar-refractivity contribution in [2.75, 3.05) is 20.0 Å². The minimum absolute atomic E-state index is 0.127. The van der Waals surface area contributed by atoms with Crippen molar-refractivity contribution in [2.45, 2.75) is 6.10 Å². The van der Waals surface area contributed by atoms with E-state index in [-0.39, 0.29) is 25.5 Å². The van der Waals surface area contributed by atoms with Gasteiger partial charge in [0.15, 0.2) is 0 Å². The third kappa shape index (κ3) is 2.78. The molecule has 80 valence electrons. The average molecular weight is 208 g/mol. The summed E-state index contributed by atoms with van der Waals surface area (Å²) in [5.74, 6) is -0.328. The van der Waals surface area contributed by atoms with Gasteiger partial charge in [0.05, 0.1) is 12.2 Å². The molecule has 0 bridgehead atoms. The molecule has 0 aliphatic carbocycles. The maximum absolute atomic E-state index is 11.5. The fourth-order valence-corrected chi connectivity index (χ4v) is 1.29. The highest BCUT2D eigenvalue weighted by molar-refractivity contribution is 5.89. The summed E-state index contributed by atoms with van der Waals surface area (Å²) in [6.07, 6.45) is -0.127. The second kappa shape index (κ2) is 4.91. The lowest BCUT2D eigenvalue weighted by atomic mass is 10.2. The van der Waals surface area contributed by atoms with Crippen LogP contribution in [-0.4, -0.2) is 32.1 Å². The predicted molar refractivity (Wildman–Crippen MR) is 52.4 cm³/mol. The Morgan fingerprint density at radius 2 is 2.20 bits per heavy atom. The number of carbonyl (C=O) groups is 1. The molecule has 15 heavy (non-hydrogen) atoms. The summed E-state index contributed by atoms with van der Waals surface area (Å²) in [5, 5.41) is 0. The van der Waals surface area contributed by atoms with Crippen LogP contribution >= 0.6 is 0 Å². The van der Waals surface area contributed by atoms with Crippen LogP contribution in [0.4, 0.5) is 0 Å². The first-order valence-corrected chi connectivity index (χ1v) is 4.78. The van der Waals surface area contributed by atoms with E-state index in [0.29, 0.717) is 12.2 Å². The highest BCUT2D eigenvalue weighted by Crippen LogP contribution is 2.06. The molecule has 1 fully saturated rings. The maximum Gasteiger partial charge on any atom is 0.338 e. The molecule has 1 aliphatic rings. The Morgan fingerprint density at radius 3 is 2.87 bits per heavy atom. The fourth-order valence-electron chi connectivity index (χ4n) is 1.29. The molecule has 0 radical (unpaired) electrons. The van der Waals surface area contributed by atoms with Gasteiger partial charge in [-0.2, -0.15) is 0 Å². The minimum atomic E-state index is -0.328. The molecule has 0 N–H and O–H groups in total. The van der Waals surface area contributed by atoms with Gasteiger partial charge in [0, 0.05) is 0 Å². The van der Waals surface area contributed by atoms with E-state index in [1.807, 2.05) is 6.07 Å². The number of hydrogen-bond acceptors (Lipinski definition) is 4. The summed E-state index contributed by atoms with van der Waals surface area (Å²) < 4.78 is 15.2. The van der Waals surface area contributed by atoms with Crippen molar-refractivity contribution in [1.82, 2.24) is 0 Å². The van der Waals surface area contributed by atoms with Gasteiger partial charge in [-0.3, -0.25) is 0 Å². The first kappa shape index (κ1) is 10.1. The molecule has 1 aromatic carbocycles. The van der Waals surface area contributed by atoms with E-state index in [1.165, 1.54) is 0 Å². The van der Waals surface area contributed by atoms with Gasteiger partial charge in [0.2, 0.25) is 0 Å². The normalized spacial score (nSPS) is 20.1. The monoisotopic (exact) mass is 208 g/mol. The van der Waals surface area contributed by atoms with Gasteiger partial charge in [-0.05, 0) is 12.1 Å². The van der Waals surface area contributed by atoms with Gasteiger partial charge in [-0.15, -0.1) is 0 Å². The molecule has 1 heterocycles. The largest absolute Gasteiger partial charge is 0.459 e. The molecule has 1 aromatic rings.